The van der Waals surface area contributed by atoms with E-state index in [4.69, 9.17) is 4.74 Å². The van der Waals surface area contributed by atoms with E-state index in [9.17, 15) is 4.79 Å². The fraction of sp³-hybridized carbons (Fsp3) is 0.444. The first-order chi connectivity index (χ1) is 11.0. The van der Waals surface area contributed by atoms with Crippen LogP contribution < -0.4 is 0 Å². The molecule has 1 aromatic heterocycles. The molecule has 0 spiro atoms. The second-order valence-corrected chi connectivity index (χ2v) is 6.26. The minimum atomic E-state index is 0.0455. The van der Waals surface area contributed by atoms with E-state index in [1.165, 1.54) is 0 Å². The van der Waals surface area contributed by atoms with Crippen molar-refractivity contribution in [1.29, 1.82) is 0 Å². The van der Waals surface area contributed by atoms with E-state index in [2.05, 4.69) is 5.10 Å². The van der Waals surface area contributed by atoms with Crippen molar-refractivity contribution >= 4 is 5.91 Å². The van der Waals surface area contributed by atoms with E-state index in [0.717, 1.165) is 17.1 Å². The van der Waals surface area contributed by atoms with Gasteiger partial charge < -0.3 is 9.64 Å². The van der Waals surface area contributed by atoms with E-state index in [-0.39, 0.29) is 18.1 Å². The number of amides is 1. The van der Waals surface area contributed by atoms with Crippen LogP contribution in [0.25, 0.3) is 5.69 Å². The van der Waals surface area contributed by atoms with Crippen LogP contribution >= 0.6 is 0 Å². The summed E-state index contributed by atoms with van der Waals surface area (Å²) in [6.07, 6.45) is 0.125. The zero-order valence-corrected chi connectivity index (χ0v) is 14.1. The number of morpholine rings is 1. The van der Waals surface area contributed by atoms with Gasteiger partial charge in [0.2, 0.25) is 0 Å². The van der Waals surface area contributed by atoms with Gasteiger partial charge in [-0.05, 0) is 39.8 Å². The van der Waals surface area contributed by atoms with Gasteiger partial charge in [0.15, 0.2) is 0 Å². The molecule has 0 radical (unpaired) electrons. The minimum absolute atomic E-state index is 0.0455. The Morgan fingerprint density at radius 2 is 1.74 bits per heavy atom. The summed E-state index contributed by atoms with van der Waals surface area (Å²) in [5.41, 5.74) is 3.32. The second kappa shape index (κ2) is 6.16. The average Bonchev–Trinajstić information content (AvgIpc) is 2.81. The van der Waals surface area contributed by atoms with Gasteiger partial charge in [-0.25, -0.2) is 4.68 Å². The molecule has 2 aromatic rings. The molecule has 1 amide bonds. The molecule has 122 valence electrons. The van der Waals surface area contributed by atoms with Crippen LogP contribution in [-0.2, 0) is 4.74 Å². The SMILES string of the molecule is Cc1nn(-c2ccccc2)c(C)c1C(=O)N1C[C@@H](C)O[C@H](C)C1. The predicted molar refractivity (Wildman–Crippen MR) is 89.0 cm³/mol. The van der Waals surface area contributed by atoms with Gasteiger partial charge in [-0.3, -0.25) is 4.79 Å². The molecule has 0 bridgehead atoms. The Bertz CT molecular complexity index is 699. The molecule has 5 nitrogen and oxygen atoms in total. The van der Waals surface area contributed by atoms with Crippen molar-refractivity contribution < 1.29 is 9.53 Å². The maximum Gasteiger partial charge on any atom is 0.257 e. The molecular formula is C18H23N3O2. The van der Waals surface area contributed by atoms with Crippen molar-refractivity contribution in [3.63, 3.8) is 0 Å². The first-order valence-electron chi connectivity index (χ1n) is 8.03. The molecule has 1 fully saturated rings. The van der Waals surface area contributed by atoms with Gasteiger partial charge in [0.1, 0.15) is 0 Å². The molecular weight excluding hydrogens is 290 g/mol. The topological polar surface area (TPSA) is 47.4 Å². The predicted octanol–water partition coefficient (Wildman–Crippen LogP) is 2.74. The van der Waals surface area contributed by atoms with Crippen molar-refractivity contribution in [3.05, 3.63) is 47.3 Å². The Balaban J connectivity index is 1.94. The molecule has 1 saturated heterocycles. The van der Waals surface area contributed by atoms with Crippen molar-refractivity contribution in [3.8, 4) is 5.69 Å². The maximum absolute atomic E-state index is 13.0. The molecule has 0 aliphatic carbocycles. The van der Waals surface area contributed by atoms with Gasteiger partial charge in [-0.15, -0.1) is 0 Å². The Hall–Kier alpha value is -2.14. The number of aromatic nitrogens is 2. The molecule has 0 saturated carbocycles. The van der Waals surface area contributed by atoms with Crippen LogP contribution in [0.1, 0.15) is 35.6 Å². The maximum atomic E-state index is 13.0. The van der Waals surface area contributed by atoms with Crippen LogP contribution in [0.15, 0.2) is 30.3 Å². The number of benzene rings is 1. The largest absolute Gasteiger partial charge is 0.372 e. The van der Waals surface area contributed by atoms with E-state index in [0.29, 0.717) is 18.7 Å². The summed E-state index contributed by atoms with van der Waals surface area (Å²) in [7, 11) is 0. The molecule has 1 aliphatic rings. The molecule has 0 N–H and O–H groups in total. The average molecular weight is 313 g/mol. The van der Waals surface area contributed by atoms with Crippen LogP contribution in [0.3, 0.4) is 0 Å². The first-order valence-corrected chi connectivity index (χ1v) is 8.03. The molecule has 23 heavy (non-hydrogen) atoms. The van der Waals surface area contributed by atoms with Crippen molar-refractivity contribution in [2.45, 2.75) is 39.9 Å². The lowest BCUT2D eigenvalue weighted by Gasteiger charge is -2.35. The summed E-state index contributed by atoms with van der Waals surface area (Å²) in [6.45, 7) is 9.10. The summed E-state index contributed by atoms with van der Waals surface area (Å²) in [6, 6.07) is 9.90. The lowest BCUT2D eigenvalue weighted by atomic mass is 10.1. The van der Waals surface area contributed by atoms with Crippen molar-refractivity contribution in [1.82, 2.24) is 14.7 Å². The lowest BCUT2D eigenvalue weighted by molar-refractivity contribution is -0.0586. The monoisotopic (exact) mass is 313 g/mol. The van der Waals surface area contributed by atoms with E-state index < -0.39 is 0 Å². The molecule has 3 rings (SSSR count). The van der Waals surface area contributed by atoms with Crippen molar-refractivity contribution in [2.75, 3.05) is 13.1 Å². The fourth-order valence-electron chi connectivity index (χ4n) is 3.27. The molecule has 2 atom stereocenters. The molecule has 1 aliphatic heterocycles. The van der Waals surface area contributed by atoms with Crippen LogP contribution in [-0.4, -0.2) is 45.9 Å². The van der Waals surface area contributed by atoms with Crippen molar-refractivity contribution in [2.24, 2.45) is 0 Å². The standard InChI is InChI=1S/C18H23N3O2/c1-12-10-20(11-13(2)23-12)18(22)17-14(3)19-21(15(17)4)16-8-6-5-7-9-16/h5-9,12-13H,10-11H2,1-4H3/t12-,13-/m1/s1. The van der Waals surface area contributed by atoms with E-state index in [1.807, 2.05) is 67.6 Å². The van der Waals surface area contributed by atoms with Crippen LogP contribution in [0.5, 0.6) is 0 Å². The Morgan fingerprint density at radius 1 is 1.13 bits per heavy atom. The van der Waals surface area contributed by atoms with Gasteiger partial charge >= 0.3 is 0 Å². The van der Waals surface area contributed by atoms with Gasteiger partial charge in [0, 0.05) is 13.1 Å². The van der Waals surface area contributed by atoms with Crippen LogP contribution in [0.4, 0.5) is 0 Å². The summed E-state index contributed by atoms with van der Waals surface area (Å²) in [5.74, 6) is 0.0455. The van der Waals surface area contributed by atoms with Gasteiger partial charge in [-0.2, -0.15) is 5.10 Å². The first kappa shape index (κ1) is 15.7. The zero-order chi connectivity index (χ0) is 16.6. The number of nitrogens with zero attached hydrogens (tertiary/aromatic N) is 3. The number of carbonyl (C=O) groups is 1. The van der Waals surface area contributed by atoms with Gasteiger partial charge in [0.05, 0.1) is 34.8 Å². The van der Waals surface area contributed by atoms with Gasteiger partial charge in [-0.1, -0.05) is 18.2 Å². The quantitative estimate of drug-likeness (QED) is 0.856. The summed E-state index contributed by atoms with van der Waals surface area (Å²) >= 11 is 0. The highest BCUT2D eigenvalue weighted by molar-refractivity contribution is 5.96. The highest BCUT2D eigenvalue weighted by atomic mass is 16.5. The smallest absolute Gasteiger partial charge is 0.257 e. The molecule has 0 unspecified atom stereocenters. The lowest BCUT2D eigenvalue weighted by Crippen LogP contribution is -2.48. The number of aryl methyl sites for hydroxylation is 1. The molecule has 2 heterocycles. The fourth-order valence-corrected chi connectivity index (χ4v) is 3.27. The zero-order valence-electron chi connectivity index (χ0n) is 14.1. The number of para-hydroxylation sites is 1. The Labute approximate surface area is 136 Å². The molecule has 5 heteroatoms. The Morgan fingerprint density at radius 3 is 2.35 bits per heavy atom. The van der Waals surface area contributed by atoms with Gasteiger partial charge in [0.25, 0.3) is 5.91 Å². The number of hydrogen-bond donors (Lipinski definition) is 0. The number of rotatable bonds is 2. The third-order valence-electron chi connectivity index (χ3n) is 4.21. The highest BCUT2D eigenvalue weighted by Crippen LogP contribution is 2.21. The minimum Gasteiger partial charge on any atom is -0.372 e. The third-order valence-corrected chi connectivity index (χ3v) is 4.21. The number of carbonyl (C=O) groups excluding carboxylic acids is 1. The highest BCUT2D eigenvalue weighted by Gasteiger charge is 2.30. The van der Waals surface area contributed by atoms with Crippen LogP contribution in [0, 0.1) is 13.8 Å². The summed E-state index contributed by atoms with van der Waals surface area (Å²) in [4.78, 5) is 14.9. The second-order valence-electron chi connectivity index (χ2n) is 6.26. The van der Waals surface area contributed by atoms with E-state index in [1.54, 1.807) is 0 Å². The number of ether oxygens (including phenoxy) is 1. The van der Waals surface area contributed by atoms with E-state index >= 15 is 0 Å². The summed E-state index contributed by atoms with van der Waals surface area (Å²) < 4.78 is 7.57. The number of hydrogen-bond acceptors (Lipinski definition) is 3. The van der Waals surface area contributed by atoms with Crippen LogP contribution in [0.2, 0.25) is 0 Å². The normalized spacial score (nSPS) is 21.5. The Kier molecular flexibility index (Phi) is 4.22. The molecule has 1 aromatic carbocycles. The summed E-state index contributed by atoms with van der Waals surface area (Å²) in [5, 5.41) is 4.57. The third kappa shape index (κ3) is 3.01.